The zero-order chi connectivity index (χ0) is 15.1. The van der Waals surface area contributed by atoms with Crippen LogP contribution in [0.1, 0.15) is 26.3 Å². The molecule has 106 valence electrons. The minimum absolute atomic E-state index is 0.390. The quantitative estimate of drug-likeness (QED) is 0.753. The summed E-state index contributed by atoms with van der Waals surface area (Å²) in [7, 11) is -1.55. The fourth-order valence-corrected chi connectivity index (χ4v) is 1.92. The highest BCUT2D eigenvalue weighted by Crippen LogP contribution is 2.17. The van der Waals surface area contributed by atoms with E-state index in [1.54, 1.807) is 39.8 Å². The number of rotatable bonds is 1. The molecule has 0 atom stereocenters. The summed E-state index contributed by atoms with van der Waals surface area (Å²) in [6.45, 7) is 7.08. The number of ether oxygens (including phenoxy) is 1. The van der Waals surface area contributed by atoms with Gasteiger partial charge in [0.15, 0.2) is 0 Å². The van der Waals surface area contributed by atoms with Crippen LogP contribution in [0.25, 0.3) is 10.9 Å². The highest BCUT2D eigenvalue weighted by Gasteiger charge is 2.22. The van der Waals surface area contributed by atoms with E-state index in [1.807, 2.05) is 0 Å². The van der Waals surface area contributed by atoms with Crippen LogP contribution in [0.4, 0.5) is 4.79 Å². The Kier molecular flexibility index (Phi) is 3.58. The maximum absolute atomic E-state index is 12.0. The molecule has 20 heavy (non-hydrogen) atoms. The molecule has 2 aromatic rings. The first-order valence-corrected chi connectivity index (χ1v) is 6.27. The van der Waals surface area contributed by atoms with Gasteiger partial charge in [0, 0.05) is 5.39 Å². The number of benzene rings is 1. The summed E-state index contributed by atoms with van der Waals surface area (Å²) in [6, 6.07) is 3.28. The lowest BCUT2D eigenvalue weighted by Gasteiger charge is -2.19. The fraction of sp³-hybridized carbons (Fsp3) is 0.385. The van der Waals surface area contributed by atoms with E-state index in [9.17, 15) is 14.8 Å². The Hall–Kier alpha value is -1.86. The van der Waals surface area contributed by atoms with Gasteiger partial charge in [-0.15, -0.1) is 0 Å². The highest BCUT2D eigenvalue weighted by atomic mass is 16.6. The highest BCUT2D eigenvalue weighted by molar-refractivity contribution is 6.59. The van der Waals surface area contributed by atoms with Gasteiger partial charge in [-0.2, -0.15) is 9.78 Å². The molecule has 0 unspecified atom stereocenters. The van der Waals surface area contributed by atoms with Crippen LogP contribution >= 0.6 is 0 Å². The van der Waals surface area contributed by atoms with Gasteiger partial charge in [-0.05, 0) is 44.8 Å². The average molecular weight is 276 g/mol. The van der Waals surface area contributed by atoms with Crippen LogP contribution in [-0.2, 0) is 4.74 Å². The van der Waals surface area contributed by atoms with Gasteiger partial charge in [0.25, 0.3) is 0 Å². The molecule has 0 saturated heterocycles. The van der Waals surface area contributed by atoms with Crippen molar-refractivity contribution in [2.45, 2.75) is 33.3 Å². The largest absolute Gasteiger partial charge is 0.488 e. The van der Waals surface area contributed by atoms with Crippen LogP contribution in [-0.4, -0.2) is 38.6 Å². The number of fused-ring (bicyclic) bond motifs is 1. The second-order valence-electron chi connectivity index (χ2n) is 5.68. The topological polar surface area (TPSA) is 84.6 Å². The van der Waals surface area contributed by atoms with E-state index in [-0.39, 0.29) is 0 Å². The Morgan fingerprint density at radius 1 is 1.35 bits per heavy atom. The molecule has 0 spiro atoms. The number of carbonyl (C=O) groups is 1. The lowest BCUT2D eigenvalue weighted by Crippen LogP contribution is -2.32. The molecule has 0 aliphatic heterocycles. The summed E-state index contributed by atoms with van der Waals surface area (Å²) in [5, 5.41) is 23.2. The zero-order valence-electron chi connectivity index (χ0n) is 11.9. The summed E-state index contributed by atoms with van der Waals surface area (Å²) >= 11 is 0. The lowest BCUT2D eigenvalue weighted by atomic mass is 9.77. The van der Waals surface area contributed by atoms with Crippen molar-refractivity contribution in [1.29, 1.82) is 0 Å². The molecule has 0 amide bonds. The smallest absolute Gasteiger partial charge is 0.442 e. The number of hydrogen-bond acceptors (Lipinski definition) is 5. The summed E-state index contributed by atoms with van der Waals surface area (Å²) in [5.74, 6) is 0. The first-order chi connectivity index (χ1) is 9.19. The van der Waals surface area contributed by atoms with Gasteiger partial charge in [0.1, 0.15) is 5.60 Å². The lowest BCUT2D eigenvalue weighted by molar-refractivity contribution is 0.0522. The minimum atomic E-state index is -1.55. The standard InChI is InChI=1S/C13H17BN2O4/c1-8-5-11-9(6-10(8)14(18)19)7-15-16(11)12(17)20-13(2,3)4/h5-7,18-19H,1-4H3. The minimum Gasteiger partial charge on any atom is -0.442 e. The van der Waals surface area contributed by atoms with Crippen LogP contribution in [0, 0.1) is 6.92 Å². The van der Waals surface area contributed by atoms with E-state index in [0.29, 0.717) is 21.9 Å². The third kappa shape index (κ3) is 2.83. The summed E-state index contributed by atoms with van der Waals surface area (Å²) in [6.07, 6.45) is 0.925. The number of aromatic nitrogens is 2. The normalized spacial score (nSPS) is 11.7. The molecule has 1 aromatic heterocycles. The first-order valence-electron chi connectivity index (χ1n) is 6.27. The summed E-state index contributed by atoms with van der Waals surface area (Å²) in [4.78, 5) is 12.0. The Labute approximate surface area is 117 Å². The summed E-state index contributed by atoms with van der Waals surface area (Å²) in [5.41, 5.74) is 1.02. The van der Waals surface area contributed by atoms with Crippen LogP contribution in [0.3, 0.4) is 0 Å². The van der Waals surface area contributed by atoms with Crippen molar-refractivity contribution in [2.75, 3.05) is 0 Å². The van der Waals surface area contributed by atoms with Gasteiger partial charge in [-0.1, -0.05) is 6.07 Å². The SMILES string of the molecule is Cc1cc2c(cnn2C(=O)OC(C)(C)C)cc1B(O)O. The molecule has 0 aliphatic carbocycles. The predicted octanol–water partition coefficient (Wildman–Crippen LogP) is 0.808. The molecule has 1 heterocycles. The third-order valence-electron chi connectivity index (χ3n) is 2.80. The second-order valence-corrected chi connectivity index (χ2v) is 5.68. The average Bonchev–Trinajstić information content (AvgIpc) is 2.67. The van der Waals surface area contributed by atoms with Crippen molar-refractivity contribution < 1.29 is 19.6 Å². The van der Waals surface area contributed by atoms with Crippen LogP contribution < -0.4 is 5.46 Å². The van der Waals surface area contributed by atoms with Gasteiger partial charge >= 0.3 is 13.2 Å². The molecular weight excluding hydrogens is 259 g/mol. The van der Waals surface area contributed by atoms with E-state index in [2.05, 4.69) is 5.10 Å². The number of nitrogens with zero attached hydrogens (tertiary/aromatic N) is 2. The molecule has 2 rings (SSSR count). The molecule has 0 radical (unpaired) electrons. The van der Waals surface area contributed by atoms with Crippen molar-refractivity contribution in [3.63, 3.8) is 0 Å². The van der Waals surface area contributed by atoms with Gasteiger partial charge in [0.05, 0.1) is 11.7 Å². The third-order valence-corrected chi connectivity index (χ3v) is 2.80. The molecule has 6 nitrogen and oxygen atoms in total. The van der Waals surface area contributed by atoms with E-state index < -0.39 is 18.8 Å². The Morgan fingerprint density at radius 2 is 2.00 bits per heavy atom. The predicted molar refractivity (Wildman–Crippen MR) is 75.9 cm³/mol. The van der Waals surface area contributed by atoms with E-state index >= 15 is 0 Å². The maximum Gasteiger partial charge on any atom is 0.488 e. The van der Waals surface area contributed by atoms with Crippen molar-refractivity contribution in [3.05, 3.63) is 23.9 Å². The fourth-order valence-electron chi connectivity index (χ4n) is 1.92. The van der Waals surface area contributed by atoms with Crippen molar-refractivity contribution in [3.8, 4) is 0 Å². The van der Waals surface area contributed by atoms with E-state index in [0.717, 1.165) is 0 Å². The molecule has 1 aromatic carbocycles. The Bertz CT molecular complexity index is 658. The summed E-state index contributed by atoms with van der Waals surface area (Å²) < 4.78 is 6.44. The number of carbonyl (C=O) groups excluding carboxylic acids is 1. The second kappa shape index (κ2) is 4.92. The van der Waals surface area contributed by atoms with Gasteiger partial charge in [-0.25, -0.2) is 4.79 Å². The monoisotopic (exact) mass is 276 g/mol. The first kappa shape index (κ1) is 14.6. The van der Waals surface area contributed by atoms with E-state index in [1.165, 1.54) is 10.9 Å². The zero-order valence-corrected chi connectivity index (χ0v) is 11.9. The molecule has 0 aliphatic rings. The van der Waals surface area contributed by atoms with Crippen molar-refractivity contribution in [2.24, 2.45) is 0 Å². The van der Waals surface area contributed by atoms with Crippen molar-refractivity contribution in [1.82, 2.24) is 9.78 Å². The number of aryl methyl sites for hydroxylation is 1. The Balaban J connectivity index is 2.47. The van der Waals surface area contributed by atoms with E-state index in [4.69, 9.17) is 4.74 Å². The van der Waals surface area contributed by atoms with Crippen molar-refractivity contribution >= 4 is 29.6 Å². The molecule has 7 heteroatoms. The van der Waals surface area contributed by atoms with Gasteiger partial charge in [0.2, 0.25) is 0 Å². The van der Waals surface area contributed by atoms with Crippen LogP contribution in [0.2, 0.25) is 0 Å². The van der Waals surface area contributed by atoms with Gasteiger partial charge in [-0.3, -0.25) is 0 Å². The molecule has 2 N–H and O–H groups in total. The molecule has 0 saturated carbocycles. The number of hydrogen-bond donors (Lipinski definition) is 2. The molecule has 0 fully saturated rings. The Morgan fingerprint density at radius 3 is 2.55 bits per heavy atom. The van der Waals surface area contributed by atoms with Crippen LogP contribution in [0.15, 0.2) is 18.3 Å². The molecule has 0 bridgehead atoms. The van der Waals surface area contributed by atoms with Crippen LogP contribution in [0.5, 0.6) is 0 Å². The maximum atomic E-state index is 12.0. The molecular formula is C13H17BN2O4. The van der Waals surface area contributed by atoms with Gasteiger partial charge < -0.3 is 14.8 Å².